The van der Waals surface area contributed by atoms with Crippen molar-refractivity contribution in [2.45, 2.75) is 107 Å². The van der Waals surface area contributed by atoms with E-state index in [1.54, 1.807) is 18.5 Å². The Labute approximate surface area is 335 Å². The van der Waals surface area contributed by atoms with Gasteiger partial charge in [-0.1, -0.05) is 99.6 Å². The second-order valence-electron chi connectivity index (χ2n) is 18.5. The molecule has 1 N–H and O–H groups in total. The van der Waals surface area contributed by atoms with Crippen molar-refractivity contribution in [3.63, 3.8) is 0 Å². The third-order valence-corrected chi connectivity index (χ3v) is 11.2. The molecule has 0 bridgehead atoms. The van der Waals surface area contributed by atoms with Gasteiger partial charge in [-0.2, -0.15) is 0 Å². The molecule has 0 aliphatic carbocycles. The molecule has 0 amide bonds. The highest BCUT2D eigenvalue weighted by molar-refractivity contribution is 6.05. The SMILES string of the molecule is Cc1oc2ccc(O)c(-c3nc4c(-c5cc(-c6ncnc7cc(CC(C)(C)C)oc67)cc(C(C)(C)C)c5)ccc(-c5c(C(C)C)cccc5C(C)C)c4o3)c2c1C. The number of furan rings is 2. The minimum Gasteiger partial charge on any atom is -0.507 e. The fraction of sp³-hybridized carbons (Fsp3) is 0.340. The van der Waals surface area contributed by atoms with E-state index in [0.717, 1.165) is 73.5 Å². The van der Waals surface area contributed by atoms with Crippen molar-refractivity contribution in [3.8, 4) is 50.7 Å². The van der Waals surface area contributed by atoms with E-state index in [-0.39, 0.29) is 28.4 Å². The van der Waals surface area contributed by atoms with Crippen molar-refractivity contribution < 1.29 is 18.4 Å². The first-order valence-corrected chi connectivity index (χ1v) is 20.1. The van der Waals surface area contributed by atoms with Crippen LogP contribution in [0.2, 0.25) is 0 Å². The van der Waals surface area contributed by atoms with Crippen LogP contribution in [-0.4, -0.2) is 20.1 Å². The third-order valence-electron chi connectivity index (χ3n) is 11.2. The Balaban J connectivity index is 1.44. The molecule has 4 aromatic heterocycles. The fourth-order valence-corrected chi connectivity index (χ4v) is 8.14. The molecule has 0 aliphatic rings. The molecule has 0 fully saturated rings. The maximum absolute atomic E-state index is 11.5. The summed E-state index contributed by atoms with van der Waals surface area (Å²) < 4.78 is 19.6. The van der Waals surface area contributed by atoms with Gasteiger partial charge in [0.05, 0.1) is 5.56 Å². The molecule has 0 radical (unpaired) electrons. The number of hydrogen-bond donors (Lipinski definition) is 1. The molecule has 4 aromatic carbocycles. The van der Waals surface area contributed by atoms with Gasteiger partial charge in [0.15, 0.2) is 11.2 Å². The lowest BCUT2D eigenvalue weighted by atomic mass is 9.82. The molecular formula is C50H53N3O4. The number of aromatic hydroxyl groups is 1. The van der Waals surface area contributed by atoms with Gasteiger partial charge in [0.1, 0.15) is 45.9 Å². The van der Waals surface area contributed by atoms with Gasteiger partial charge in [0.2, 0.25) is 5.89 Å². The van der Waals surface area contributed by atoms with Gasteiger partial charge < -0.3 is 18.4 Å². The van der Waals surface area contributed by atoms with Crippen molar-refractivity contribution in [1.82, 2.24) is 15.0 Å². The maximum atomic E-state index is 11.5. The highest BCUT2D eigenvalue weighted by Crippen LogP contribution is 2.47. The van der Waals surface area contributed by atoms with Crippen LogP contribution in [0, 0.1) is 19.3 Å². The second-order valence-corrected chi connectivity index (χ2v) is 18.5. The summed E-state index contributed by atoms with van der Waals surface area (Å²) in [7, 11) is 0. The van der Waals surface area contributed by atoms with Crippen molar-refractivity contribution in [1.29, 1.82) is 0 Å². The summed E-state index contributed by atoms with van der Waals surface area (Å²) in [4.78, 5) is 14.8. The zero-order chi connectivity index (χ0) is 40.7. The highest BCUT2D eigenvalue weighted by Gasteiger charge is 2.28. The van der Waals surface area contributed by atoms with Crippen LogP contribution in [0.5, 0.6) is 5.75 Å². The standard InChI is InChI=1S/C50H53N3O4/c1-26(2)34-14-13-15-35(27(3)4)42(34)37-17-16-36(45-46(37)57-48(53-45)43-39(54)18-19-40-41(43)28(5)29(6)55-40)30-20-31(22-32(21-30)50(10,11)12)44-47-38(51-25-52-44)23-33(56-47)24-49(7,8)9/h13-23,25-27,54H,24H2,1-12H3. The van der Waals surface area contributed by atoms with Gasteiger partial charge >= 0.3 is 0 Å². The van der Waals surface area contributed by atoms with Gasteiger partial charge in [-0.15, -0.1) is 0 Å². The molecular weight excluding hydrogens is 707 g/mol. The normalized spacial score (nSPS) is 12.7. The predicted molar refractivity (Wildman–Crippen MR) is 232 cm³/mol. The van der Waals surface area contributed by atoms with Crippen LogP contribution in [0.1, 0.15) is 115 Å². The van der Waals surface area contributed by atoms with Gasteiger partial charge in [0.25, 0.3) is 0 Å². The monoisotopic (exact) mass is 759 g/mol. The van der Waals surface area contributed by atoms with Crippen LogP contribution in [0.15, 0.2) is 86.3 Å². The summed E-state index contributed by atoms with van der Waals surface area (Å²) >= 11 is 0. The molecule has 8 aromatic rings. The molecule has 0 aliphatic heterocycles. The zero-order valence-corrected chi connectivity index (χ0v) is 35.3. The second kappa shape index (κ2) is 13.8. The molecule has 0 saturated carbocycles. The predicted octanol–water partition coefficient (Wildman–Crippen LogP) is 14.2. The molecule has 0 unspecified atom stereocenters. The number of aryl methyl sites for hydroxylation is 2. The number of benzene rings is 4. The Morgan fingerprint density at radius 3 is 2.05 bits per heavy atom. The van der Waals surface area contributed by atoms with E-state index in [2.05, 4.69) is 123 Å². The summed E-state index contributed by atoms with van der Waals surface area (Å²) in [5.41, 5.74) is 14.2. The fourth-order valence-electron chi connectivity index (χ4n) is 8.14. The summed E-state index contributed by atoms with van der Waals surface area (Å²) in [6, 6.07) is 23.1. The van der Waals surface area contributed by atoms with Gasteiger partial charge in [-0.25, -0.2) is 15.0 Å². The lowest BCUT2D eigenvalue weighted by Crippen LogP contribution is -2.11. The smallest absolute Gasteiger partial charge is 0.231 e. The minimum absolute atomic E-state index is 0.0534. The molecule has 7 heteroatoms. The van der Waals surface area contributed by atoms with Crippen molar-refractivity contribution >= 4 is 33.2 Å². The summed E-state index contributed by atoms with van der Waals surface area (Å²) in [5.74, 6) is 2.64. The number of aromatic nitrogens is 3. The highest BCUT2D eigenvalue weighted by atomic mass is 16.4. The lowest BCUT2D eigenvalue weighted by Gasteiger charge is -2.22. The first kappa shape index (κ1) is 38.2. The molecule has 0 saturated heterocycles. The first-order chi connectivity index (χ1) is 26.9. The number of phenols is 1. The number of oxazole rings is 1. The van der Waals surface area contributed by atoms with Crippen LogP contribution in [0.3, 0.4) is 0 Å². The van der Waals surface area contributed by atoms with Crippen molar-refractivity contribution in [3.05, 3.63) is 107 Å². The lowest BCUT2D eigenvalue weighted by molar-refractivity contribution is 0.370. The molecule has 8 rings (SSSR count). The Morgan fingerprint density at radius 1 is 0.702 bits per heavy atom. The first-order valence-electron chi connectivity index (χ1n) is 20.1. The van der Waals surface area contributed by atoms with E-state index in [4.69, 9.17) is 23.2 Å². The largest absolute Gasteiger partial charge is 0.507 e. The van der Waals surface area contributed by atoms with E-state index >= 15 is 0 Å². The molecule has 292 valence electrons. The summed E-state index contributed by atoms with van der Waals surface area (Å²) in [5, 5.41) is 12.3. The molecule has 7 nitrogen and oxygen atoms in total. The van der Waals surface area contributed by atoms with E-state index < -0.39 is 0 Å². The quantitative estimate of drug-likeness (QED) is 0.173. The average molecular weight is 760 g/mol. The Bertz CT molecular complexity index is 2810. The number of hydrogen-bond acceptors (Lipinski definition) is 7. The topological polar surface area (TPSA) is 98.3 Å². The molecule has 4 heterocycles. The van der Waals surface area contributed by atoms with E-state index in [0.29, 0.717) is 33.7 Å². The third kappa shape index (κ3) is 6.81. The molecule has 0 atom stereocenters. The van der Waals surface area contributed by atoms with Crippen LogP contribution in [-0.2, 0) is 11.8 Å². The Morgan fingerprint density at radius 2 is 1.39 bits per heavy atom. The zero-order valence-electron chi connectivity index (χ0n) is 35.3. The van der Waals surface area contributed by atoms with Gasteiger partial charge in [0, 0.05) is 34.6 Å². The van der Waals surface area contributed by atoms with Crippen LogP contribution in [0.25, 0.3) is 78.1 Å². The van der Waals surface area contributed by atoms with Crippen LogP contribution in [0.4, 0.5) is 0 Å². The molecule has 57 heavy (non-hydrogen) atoms. The van der Waals surface area contributed by atoms with E-state index in [1.807, 2.05) is 19.9 Å². The molecule has 0 spiro atoms. The Hall–Kier alpha value is -5.69. The summed E-state index contributed by atoms with van der Waals surface area (Å²) in [6.07, 6.45) is 2.41. The number of rotatable bonds is 7. The van der Waals surface area contributed by atoms with Gasteiger partial charge in [-0.05, 0) is 100 Å². The number of nitrogens with zero attached hydrogens (tertiary/aromatic N) is 3. The summed E-state index contributed by atoms with van der Waals surface area (Å²) in [6.45, 7) is 26.2. The van der Waals surface area contributed by atoms with E-state index in [9.17, 15) is 5.11 Å². The minimum atomic E-state index is -0.189. The van der Waals surface area contributed by atoms with Gasteiger partial charge in [-0.3, -0.25) is 0 Å². The number of phenolic OH excluding ortho intramolecular Hbond substituents is 1. The van der Waals surface area contributed by atoms with Crippen LogP contribution < -0.4 is 0 Å². The average Bonchev–Trinajstić information content (AvgIpc) is 3.84. The van der Waals surface area contributed by atoms with Crippen molar-refractivity contribution in [2.24, 2.45) is 5.41 Å². The number of fused-ring (bicyclic) bond motifs is 3. The van der Waals surface area contributed by atoms with Crippen LogP contribution >= 0.6 is 0 Å². The van der Waals surface area contributed by atoms with Crippen molar-refractivity contribution in [2.75, 3.05) is 0 Å². The maximum Gasteiger partial charge on any atom is 0.231 e. The Kier molecular flexibility index (Phi) is 9.22. The van der Waals surface area contributed by atoms with E-state index in [1.165, 1.54) is 11.1 Å².